The summed E-state index contributed by atoms with van der Waals surface area (Å²) in [5.74, 6) is -0.388. The van der Waals surface area contributed by atoms with Crippen LogP contribution < -0.4 is 0 Å². The molecule has 0 atom stereocenters. The molecule has 0 saturated heterocycles. The molecule has 0 spiro atoms. The maximum atomic E-state index is 11.4. The number of nitrogens with zero attached hydrogens (tertiary/aromatic N) is 3. The Morgan fingerprint density at radius 3 is 3.06 bits per heavy atom. The number of thiazole rings is 1. The van der Waals surface area contributed by atoms with Crippen molar-refractivity contribution in [2.75, 3.05) is 6.61 Å². The summed E-state index contributed by atoms with van der Waals surface area (Å²) < 4.78 is 6.56. The number of esters is 1. The second kappa shape index (κ2) is 4.44. The van der Waals surface area contributed by atoms with E-state index in [9.17, 15) is 4.79 Å². The number of carbonyl (C=O) groups excluding carboxylic acids is 1. The lowest BCUT2D eigenvalue weighted by atomic mass is 10.4. The maximum Gasteiger partial charge on any atom is 0.357 e. The lowest BCUT2D eigenvalue weighted by molar-refractivity contribution is 0.0520. The van der Waals surface area contributed by atoms with Gasteiger partial charge in [0.15, 0.2) is 5.69 Å². The monoisotopic (exact) mass is 237 g/mol. The topological polar surface area (TPSA) is 57.0 Å². The standard InChI is InChI=1S/C10H11N3O2S/c1-3-15-10(14)8-6-16-9(11-8)7-4-5-13(2)12-7/h4-6H,3H2,1-2H3. The van der Waals surface area contributed by atoms with Gasteiger partial charge in [-0.25, -0.2) is 9.78 Å². The van der Waals surface area contributed by atoms with Crippen molar-refractivity contribution in [2.24, 2.45) is 7.05 Å². The first-order chi connectivity index (χ1) is 7.70. The van der Waals surface area contributed by atoms with Crippen LogP contribution in [0.25, 0.3) is 10.7 Å². The number of hydrogen-bond acceptors (Lipinski definition) is 5. The number of ether oxygens (including phenoxy) is 1. The van der Waals surface area contributed by atoms with Gasteiger partial charge in [0.2, 0.25) is 0 Å². The minimum atomic E-state index is -0.388. The smallest absolute Gasteiger partial charge is 0.357 e. The fraction of sp³-hybridized carbons (Fsp3) is 0.300. The van der Waals surface area contributed by atoms with Crippen LogP contribution in [-0.4, -0.2) is 27.3 Å². The van der Waals surface area contributed by atoms with Crippen molar-refractivity contribution >= 4 is 17.3 Å². The van der Waals surface area contributed by atoms with Crippen molar-refractivity contribution < 1.29 is 9.53 Å². The summed E-state index contributed by atoms with van der Waals surface area (Å²) in [6.45, 7) is 2.12. The van der Waals surface area contributed by atoms with Crippen molar-refractivity contribution in [3.63, 3.8) is 0 Å². The lowest BCUT2D eigenvalue weighted by Crippen LogP contribution is -2.04. The van der Waals surface area contributed by atoms with Gasteiger partial charge in [0, 0.05) is 18.6 Å². The molecule has 0 aliphatic heterocycles. The van der Waals surface area contributed by atoms with E-state index in [0.717, 1.165) is 10.7 Å². The van der Waals surface area contributed by atoms with Crippen LogP contribution in [0.5, 0.6) is 0 Å². The molecule has 0 radical (unpaired) electrons. The van der Waals surface area contributed by atoms with Gasteiger partial charge >= 0.3 is 5.97 Å². The van der Waals surface area contributed by atoms with Gasteiger partial charge in [-0.15, -0.1) is 11.3 Å². The molecule has 0 saturated carbocycles. The highest BCUT2D eigenvalue weighted by Crippen LogP contribution is 2.21. The predicted molar refractivity (Wildman–Crippen MR) is 60.3 cm³/mol. The molecular weight excluding hydrogens is 226 g/mol. The lowest BCUT2D eigenvalue weighted by Gasteiger charge is -1.95. The number of rotatable bonds is 3. The van der Waals surface area contributed by atoms with Gasteiger partial charge < -0.3 is 4.74 Å². The van der Waals surface area contributed by atoms with Gasteiger partial charge in [0.05, 0.1) is 6.61 Å². The summed E-state index contributed by atoms with van der Waals surface area (Å²) in [6, 6.07) is 1.85. The van der Waals surface area contributed by atoms with Crippen molar-refractivity contribution in [3.8, 4) is 10.7 Å². The molecule has 84 valence electrons. The molecule has 2 rings (SSSR count). The molecule has 6 heteroatoms. The largest absolute Gasteiger partial charge is 0.461 e. The number of aryl methyl sites for hydroxylation is 1. The van der Waals surface area contributed by atoms with Crippen LogP contribution >= 0.6 is 11.3 Å². The molecule has 0 unspecified atom stereocenters. The van der Waals surface area contributed by atoms with Gasteiger partial charge in [0.25, 0.3) is 0 Å². The van der Waals surface area contributed by atoms with Crippen molar-refractivity contribution in [2.45, 2.75) is 6.92 Å². The molecule has 16 heavy (non-hydrogen) atoms. The Labute approximate surface area is 96.7 Å². The molecule has 0 aromatic carbocycles. The van der Waals surface area contributed by atoms with E-state index < -0.39 is 0 Å². The zero-order chi connectivity index (χ0) is 11.5. The Morgan fingerprint density at radius 1 is 1.62 bits per heavy atom. The zero-order valence-electron chi connectivity index (χ0n) is 9.01. The van der Waals surface area contributed by atoms with Crippen LogP contribution in [0.2, 0.25) is 0 Å². The fourth-order valence-corrected chi connectivity index (χ4v) is 1.97. The quantitative estimate of drug-likeness (QED) is 0.763. The Hall–Kier alpha value is -1.69. The van der Waals surface area contributed by atoms with E-state index in [1.165, 1.54) is 11.3 Å². The van der Waals surface area contributed by atoms with E-state index in [0.29, 0.717) is 12.3 Å². The van der Waals surface area contributed by atoms with Gasteiger partial charge in [-0.1, -0.05) is 0 Å². The van der Waals surface area contributed by atoms with E-state index in [4.69, 9.17) is 4.74 Å². The molecular formula is C10H11N3O2S. The summed E-state index contributed by atoms with van der Waals surface area (Å²) in [7, 11) is 1.84. The third-order valence-corrected chi connectivity index (χ3v) is 2.79. The molecule has 5 nitrogen and oxygen atoms in total. The van der Waals surface area contributed by atoms with Gasteiger partial charge in [-0.2, -0.15) is 5.10 Å². The van der Waals surface area contributed by atoms with E-state index in [1.807, 2.05) is 19.3 Å². The van der Waals surface area contributed by atoms with Gasteiger partial charge in [-0.05, 0) is 13.0 Å². The Bertz CT molecular complexity index is 504. The summed E-state index contributed by atoms with van der Waals surface area (Å²) in [5, 5.41) is 6.62. The van der Waals surface area contributed by atoms with E-state index >= 15 is 0 Å². The first kappa shape index (κ1) is 10.8. The number of carbonyl (C=O) groups is 1. The van der Waals surface area contributed by atoms with Crippen LogP contribution in [-0.2, 0) is 11.8 Å². The van der Waals surface area contributed by atoms with E-state index in [2.05, 4.69) is 10.1 Å². The van der Waals surface area contributed by atoms with Crippen LogP contribution in [0.3, 0.4) is 0 Å². The normalized spacial score (nSPS) is 10.4. The minimum Gasteiger partial charge on any atom is -0.461 e. The number of hydrogen-bond donors (Lipinski definition) is 0. The van der Waals surface area contributed by atoms with Crippen LogP contribution in [0.15, 0.2) is 17.6 Å². The Morgan fingerprint density at radius 2 is 2.44 bits per heavy atom. The van der Waals surface area contributed by atoms with Crippen LogP contribution in [0.1, 0.15) is 17.4 Å². The predicted octanol–water partition coefficient (Wildman–Crippen LogP) is 1.72. The van der Waals surface area contributed by atoms with Gasteiger partial charge in [0.1, 0.15) is 10.7 Å². The molecule has 0 N–H and O–H groups in total. The highest BCUT2D eigenvalue weighted by atomic mass is 32.1. The second-order valence-electron chi connectivity index (χ2n) is 3.13. The molecule has 2 aromatic rings. The maximum absolute atomic E-state index is 11.4. The third kappa shape index (κ3) is 2.11. The average molecular weight is 237 g/mol. The summed E-state index contributed by atoms with van der Waals surface area (Å²) >= 11 is 1.38. The Kier molecular flexibility index (Phi) is 3.00. The van der Waals surface area contributed by atoms with Crippen LogP contribution in [0.4, 0.5) is 0 Å². The fourth-order valence-electron chi connectivity index (χ4n) is 1.22. The molecule has 0 amide bonds. The molecule has 2 aromatic heterocycles. The zero-order valence-corrected chi connectivity index (χ0v) is 9.82. The van der Waals surface area contributed by atoms with E-state index in [1.54, 1.807) is 17.0 Å². The summed E-state index contributed by atoms with van der Waals surface area (Å²) in [5.41, 5.74) is 1.11. The molecule has 0 bridgehead atoms. The van der Waals surface area contributed by atoms with E-state index in [-0.39, 0.29) is 5.97 Å². The second-order valence-corrected chi connectivity index (χ2v) is 3.99. The van der Waals surface area contributed by atoms with Crippen LogP contribution in [0, 0.1) is 0 Å². The third-order valence-electron chi connectivity index (χ3n) is 1.92. The molecule has 0 fully saturated rings. The summed E-state index contributed by atoms with van der Waals surface area (Å²) in [4.78, 5) is 15.6. The molecule has 0 aliphatic rings. The summed E-state index contributed by atoms with van der Waals surface area (Å²) in [6.07, 6.45) is 1.83. The SMILES string of the molecule is CCOC(=O)c1csc(-c2ccn(C)n2)n1. The highest BCUT2D eigenvalue weighted by molar-refractivity contribution is 7.13. The number of aromatic nitrogens is 3. The average Bonchev–Trinajstić information content (AvgIpc) is 2.85. The highest BCUT2D eigenvalue weighted by Gasteiger charge is 2.13. The van der Waals surface area contributed by atoms with Crippen molar-refractivity contribution in [1.82, 2.24) is 14.8 Å². The van der Waals surface area contributed by atoms with Gasteiger partial charge in [-0.3, -0.25) is 4.68 Å². The van der Waals surface area contributed by atoms with Crippen molar-refractivity contribution in [1.29, 1.82) is 0 Å². The first-order valence-corrected chi connectivity index (χ1v) is 5.71. The minimum absolute atomic E-state index is 0.340. The Balaban J connectivity index is 2.22. The first-order valence-electron chi connectivity index (χ1n) is 4.83. The molecule has 2 heterocycles. The molecule has 0 aliphatic carbocycles. The van der Waals surface area contributed by atoms with Crippen molar-refractivity contribution in [3.05, 3.63) is 23.3 Å².